The lowest BCUT2D eigenvalue weighted by Gasteiger charge is -2.10. The Kier molecular flexibility index (Phi) is 4.34. The van der Waals surface area contributed by atoms with Gasteiger partial charge in [-0.15, -0.1) is 0 Å². The van der Waals surface area contributed by atoms with Crippen LogP contribution in [0.15, 0.2) is 12.1 Å². The molecule has 0 heterocycles. The van der Waals surface area contributed by atoms with Crippen molar-refractivity contribution in [2.75, 3.05) is 17.6 Å². The van der Waals surface area contributed by atoms with E-state index in [2.05, 4.69) is 12.2 Å². The highest BCUT2D eigenvalue weighted by molar-refractivity contribution is 5.66. The minimum absolute atomic E-state index is 0.0751. The second-order valence-electron chi connectivity index (χ2n) is 3.46. The first-order valence-electron chi connectivity index (χ1n) is 5.14. The molecule has 0 atom stereocenters. The molecule has 0 aliphatic heterocycles. The molecule has 1 aromatic rings. The maximum atomic E-state index is 13.3. The molecule has 15 heavy (non-hydrogen) atoms. The van der Waals surface area contributed by atoms with Gasteiger partial charge in [0.05, 0.1) is 11.4 Å². The Hall–Kier alpha value is -1.32. The minimum Gasteiger partial charge on any atom is -0.397 e. The van der Waals surface area contributed by atoms with Gasteiger partial charge in [0.25, 0.3) is 0 Å². The number of unbranched alkanes of at least 4 members (excludes halogenated alkanes) is 2. The van der Waals surface area contributed by atoms with Crippen LogP contribution < -0.4 is 11.1 Å². The third-order valence-corrected chi connectivity index (χ3v) is 2.21. The van der Waals surface area contributed by atoms with E-state index in [0.717, 1.165) is 25.3 Å². The Labute approximate surface area is 88.5 Å². The molecule has 4 heteroatoms. The Morgan fingerprint density at radius 1 is 1.27 bits per heavy atom. The monoisotopic (exact) mass is 214 g/mol. The SMILES string of the molecule is CCCCCNc1c(N)ccc(F)c1F. The van der Waals surface area contributed by atoms with Crippen molar-refractivity contribution in [1.82, 2.24) is 0 Å². The maximum absolute atomic E-state index is 13.3. The van der Waals surface area contributed by atoms with Crippen molar-refractivity contribution < 1.29 is 8.78 Å². The molecule has 1 rings (SSSR count). The standard InChI is InChI=1S/C11H16F2N2/c1-2-3-4-7-15-11-9(14)6-5-8(12)10(11)13/h5-6,15H,2-4,7,14H2,1H3. The van der Waals surface area contributed by atoms with Crippen molar-refractivity contribution in [1.29, 1.82) is 0 Å². The zero-order chi connectivity index (χ0) is 11.3. The minimum atomic E-state index is -0.897. The topological polar surface area (TPSA) is 38.0 Å². The van der Waals surface area contributed by atoms with Gasteiger partial charge in [0, 0.05) is 6.54 Å². The molecule has 0 unspecified atom stereocenters. The maximum Gasteiger partial charge on any atom is 0.183 e. The van der Waals surface area contributed by atoms with E-state index in [0.29, 0.717) is 6.54 Å². The number of nitrogen functional groups attached to an aromatic ring is 1. The number of rotatable bonds is 5. The molecule has 84 valence electrons. The highest BCUT2D eigenvalue weighted by Crippen LogP contribution is 2.24. The Morgan fingerprint density at radius 3 is 2.67 bits per heavy atom. The molecule has 0 amide bonds. The molecule has 0 aliphatic rings. The number of halogens is 2. The first-order chi connectivity index (χ1) is 7.16. The fraction of sp³-hybridized carbons (Fsp3) is 0.455. The van der Waals surface area contributed by atoms with Crippen LogP contribution in [0, 0.1) is 11.6 Å². The van der Waals surface area contributed by atoms with Gasteiger partial charge in [-0.3, -0.25) is 0 Å². The predicted molar refractivity (Wildman–Crippen MR) is 58.8 cm³/mol. The van der Waals surface area contributed by atoms with Crippen molar-refractivity contribution in [3.05, 3.63) is 23.8 Å². The fourth-order valence-corrected chi connectivity index (χ4v) is 1.33. The van der Waals surface area contributed by atoms with E-state index in [1.165, 1.54) is 6.07 Å². The lowest BCUT2D eigenvalue weighted by molar-refractivity contribution is 0.511. The molecule has 0 fully saturated rings. The average Bonchev–Trinajstić information content (AvgIpc) is 2.23. The second kappa shape index (κ2) is 5.53. The van der Waals surface area contributed by atoms with Crippen LogP contribution in [-0.4, -0.2) is 6.54 Å². The molecule has 1 aromatic carbocycles. The zero-order valence-electron chi connectivity index (χ0n) is 8.82. The van der Waals surface area contributed by atoms with Crippen LogP contribution in [0.2, 0.25) is 0 Å². The van der Waals surface area contributed by atoms with E-state index >= 15 is 0 Å². The Morgan fingerprint density at radius 2 is 2.00 bits per heavy atom. The lowest BCUT2D eigenvalue weighted by Crippen LogP contribution is -2.07. The fourth-order valence-electron chi connectivity index (χ4n) is 1.33. The molecule has 0 radical (unpaired) electrons. The third-order valence-electron chi connectivity index (χ3n) is 2.21. The number of nitrogens with one attached hydrogen (secondary N) is 1. The van der Waals surface area contributed by atoms with Crippen molar-refractivity contribution in [3.8, 4) is 0 Å². The largest absolute Gasteiger partial charge is 0.397 e. The van der Waals surface area contributed by atoms with Crippen molar-refractivity contribution in [3.63, 3.8) is 0 Å². The Bertz CT molecular complexity index is 327. The van der Waals surface area contributed by atoms with E-state index in [4.69, 9.17) is 5.73 Å². The van der Waals surface area contributed by atoms with Gasteiger partial charge in [0.2, 0.25) is 0 Å². The Balaban J connectivity index is 2.63. The van der Waals surface area contributed by atoms with Gasteiger partial charge in [0.1, 0.15) is 0 Å². The van der Waals surface area contributed by atoms with Crippen LogP contribution >= 0.6 is 0 Å². The summed E-state index contributed by atoms with van der Waals surface area (Å²) in [5, 5.41) is 2.82. The van der Waals surface area contributed by atoms with E-state index in [9.17, 15) is 8.78 Å². The van der Waals surface area contributed by atoms with Crippen LogP contribution in [0.4, 0.5) is 20.2 Å². The second-order valence-corrected chi connectivity index (χ2v) is 3.46. The van der Waals surface area contributed by atoms with Gasteiger partial charge in [-0.2, -0.15) is 0 Å². The molecule has 3 N–H and O–H groups in total. The predicted octanol–water partition coefficient (Wildman–Crippen LogP) is 3.15. The summed E-state index contributed by atoms with van der Waals surface area (Å²) in [6.45, 7) is 2.69. The van der Waals surface area contributed by atoms with Gasteiger partial charge in [0.15, 0.2) is 11.6 Å². The van der Waals surface area contributed by atoms with E-state index < -0.39 is 11.6 Å². The summed E-state index contributed by atoms with van der Waals surface area (Å²) in [5.74, 6) is -1.77. The molecule has 0 bridgehead atoms. The molecular formula is C11H16F2N2. The quantitative estimate of drug-likeness (QED) is 0.583. The van der Waals surface area contributed by atoms with E-state index in [1.807, 2.05) is 0 Å². The normalized spacial score (nSPS) is 10.3. The van der Waals surface area contributed by atoms with Gasteiger partial charge >= 0.3 is 0 Å². The highest BCUT2D eigenvalue weighted by Gasteiger charge is 2.10. The number of nitrogens with two attached hydrogens (primary N) is 1. The number of hydrogen-bond acceptors (Lipinski definition) is 2. The molecule has 0 saturated carbocycles. The van der Waals surface area contributed by atoms with Gasteiger partial charge in [-0.05, 0) is 18.6 Å². The lowest BCUT2D eigenvalue weighted by atomic mass is 10.2. The summed E-state index contributed by atoms with van der Waals surface area (Å²) in [6, 6.07) is 2.39. The van der Waals surface area contributed by atoms with Crippen LogP contribution in [0.5, 0.6) is 0 Å². The van der Waals surface area contributed by atoms with Crippen LogP contribution in [0.3, 0.4) is 0 Å². The van der Waals surface area contributed by atoms with Crippen LogP contribution in [0.25, 0.3) is 0 Å². The summed E-state index contributed by atoms with van der Waals surface area (Å²) < 4.78 is 26.1. The summed E-state index contributed by atoms with van der Waals surface area (Å²) in [7, 11) is 0. The molecule has 2 nitrogen and oxygen atoms in total. The number of hydrogen-bond donors (Lipinski definition) is 2. The van der Waals surface area contributed by atoms with Crippen molar-refractivity contribution in [2.45, 2.75) is 26.2 Å². The third kappa shape index (κ3) is 3.08. The highest BCUT2D eigenvalue weighted by atomic mass is 19.2. The molecular weight excluding hydrogens is 198 g/mol. The molecule has 0 aliphatic carbocycles. The number of anilines is 2. The summed E-state index contributed by atoms with van der Waals surface area (Å²) >= 11 is 0. The van der Waals surface area contributed by atoms with Crippen LogP contribution in [0.1, 0.15) is 26.2 Å². The smallest absolute Gasteiger partial charge is 0.183 e. The van der Waals surface area contributed by atoms with Gasteiger partial charge < -0.3 is 11.1 Å². The summed E-state index contributed by atoms with van der Waals surface area (Å²) in [4.78, 5) is 0. The van der Waals surface area contributed by atoms with Crippen molar-refractivity contribution in [2.24, 2.45) is 0 Å². The summed E-state index contributed by atoms with van der Waals surface area (Å²) in [6.07, 6.45) is 3.07. The van der Waals surface area contributed by atoms with Crippen LogP contribution in [-0.2, 0) is 0 Å². The first kappa shape index (κ1) is 11.8. The molecule has 0 aromatic heterocycles. The summed E-state index contributed by atoms with van der Waals surface area (Å²) in [5.41, 5.74) is 5.85. The van der Waals surface area contributed by atoms with Gasteiger partial charge in [-0.25, -0.2) is 8.78 Å². The van der Waals surface area contributed by atoms with Crippen molar-refractivity contribution >= 4 is 11.4 Å². The van der Waals surface area contributed by atoms with Gasteiger partial charge in [-0.1, -0.05) is 19.8 Å². The average molecular weight is 214 g/mol. The zero-order valence-corrected chi connectivity index (χ0v) is 8.82. The first-order valence-corrected chi connectivity index (χ1v) is 5.14. The number of benzene rings is 1. The van der Waals surface area contributed by atoms with E-state index in [-0.39, 0.29) is 11.4 Å². The molecule has 0 spiro atoms. The van der Waals surface area contributed by atoms with E-state index in [1.54, 1.807) is 0 Å². The molecule has 0 saturated heterocycles.